The predicted octanol–water partition coefficient (Wildman–Crippen LogP) is 6.03. The Morgan fingerprint density at radius 1 is 0.931 bits per heavy atom. The number of hydrogen-bond acceptors (Lipinski definition) is 5. The van der Waals surface area contributed by atoms with Gasteiger partial charge in [0.25, 0.3) is 5.69 Å². The average molecular weight is 431 g/mol. The van der Waals surface area contributed by atoms with E-state index in [1.807, 2.05) is 30.3 Å². The van der Waals surface area contributed by atoms with Crippen LogP contribution in [0.5, 0.6) is 5.75 Å². The van der Waals surface area contributed by atoms with Crippen LogP contribution in [0.25, 0.3) is 0 Å². The van der Waals surface area contributed by atoms with Crippen molar-refractivity contribution in [2.45, 2.75) is 13.2 Å². The quantitative estimate of drug-likeness (QED) is 0.248. The standard InChI is InChI=1S/C21H16Cl2N2O4/c22-20-9-6-17(11-21(20)23)13-28-19-7-4-15(5-8-19)12-24-29-14-16-2-1-3-18(10-16)25(26)27/h1-12H,13-14H2/b24-12-. The SMILES string of the molecule is O=[N+]([O-])c1cccc(CO/N=C\c2ccc(OCc3ccc(Cl)c(Cl)c3)cc2)c1. The van der Waals surface area contributed by atoms with Crippen molar-refractivity contribution >= 4 is 35.1 Å². The molecule has 0 spiro atoms. The maximum atomic E-state index is 10.8. The lowest BCUT2D eigenvalue weighted by Crippen LogP contribution is -1.95. The van der Waals surface area contributed by atoms with E-state index in [2.05, 4.69) is 5.16 Å². The molecule has 0 bridgehead atoms. The zero-order valence-electron chi connectivity index (χ0n) is 15.1. The Morgan fingerprint density at radius 2 is 1.69 bits per heavy atom. The summed E-state index contributed by atoms with van der Waals surface area (Å²) in [5.41, 5.74) is 2.43. The second-order valence-electron chi connectivity index (χ2n) is 6.04. The van der Waals surface area contributed by atoms with Gasteiger partial charge in [0.15, 0.2) is 0 Å². The lowest BCUT2D eigenvalue weighted by Gasteiger charge is -2.07. The molecule has 0 unspecified atom stereocenters. The lowest BCUT2D eigenvalue weighted by atomic mass is 10.2. The van der Waals surface area contributed by atoms with Crippen molar-refractivity contribution in [3.63, 3.8) is 0 Å². The van der Waals surface area contributed by atoms with Crippen molar-refractivity contribution in [3.8, 4) is 5.75 Å². The summed E-state index contributed by atoms with van der Waals surface area (Å²) in [7, 11) is 0. The summed E-state index contributed by atoms with van der Waals surface area (Å²) in [6, 6.07) is 18.9. The molecule has 0 saturated heterocycles. The van der Waals surface area contributed by atoms with Gasteiger partial charge in [0.05, 0.1) is 21.2 Å². The van der Waals surface area contributed by atoms with Crippen LogP contribution in [0.2, 0.25) is 10.0 Å². The molecule has 29 heavy (non-hydrogen) atoms. The third-order valence-electron chi connectivity index (χ3n) is 3.90. The average Bonchev–Trinajstić information content (AvgIpc) is 2.73. The molecule has 0 aromatic heterocycles. The van der Waals surface area contributed by atoms with E-state index < -0.39 is 4.92 Å². The van der Waals surface area contributed by atoms with Crippen LogP contribution in [0.1, 0.15) is 16.7 Å². The minimum atomic E-state index is -0.447. The molecule has 0 radical (unpaired) electrons. The summed E-state index contributed by atoms with van der Waals surface area (Å²) in [4.78, 5) is 15.5. The zero-order chi connectivity index (χ0) is 20.6. The summed E-state index contributed by atoms with van der Waals surface area (Å²) in [6.07, 6.45) is 1.56. The van der Waals surface area contributed by atoms with Crippen molar-refractivity contribution < 1.29 is 14.5 Å². The normalized spacial score (nSPS) is 10.8. The van der Waals surface area contributed by atoms with Crippen LogP contribution < -0.4 is 4.74 Å². The van der Waals surface area contributed by atoms with E-state index in [9.17, 15) is 10.1 Å². The van der Waals surface area contributed by atoms with Gasteiger partial charge in [-0.3, -0.25) is 10.1 Å². The van der Waals surface area contributed by atoms with E-state index in [4.69, 9.17) is 32.8 Å². The Labute approximate surface area is 177 Å². The maximum Gasteiger partial charge on any atom is 0.269 e. The van der Waals surface area contributed by atoms with E-state index in [0.717, 1.165) is 11.1 Å². The third-order valence-corrected chi connectivity index (χ3v) is 4.64. The summed E-state index contributed by atoms with van der Waals surface area (Å²) >= 11 is 11.9. The topological polar surface area (TPSA) is 74.0 Å². The van der Waals surface area contributed by atoms with Crippen molar-refractivity contribution in [1.82, 2.24) is 0 Å². The number of halogens is 2. The number of hydrogen-bond donors (Lipinski definition) is 0. The van der Waals surface area contributed by atoms with Gasteiger partial charge >= 0.3 is 0 Å². The van der Waals surface area contributed by atoms with Crippen molar-refractivity contribution in [2.75, 3.05) is 0 Å². The molecule has 8 heteroatoms. The smallest absolute Gasteiger partial charge is 0.269 e. The number of nitro benzene ring substituents is 1. The highest BCUT2D eigenvalue weighted by molar-refractivity contribution is 6.42. The highest BCUT2D eigenvalue weighted by atomic mass is 35.5. The molecule has 3 rings (SSSR count). The van der Waals surface area contributed by atoms with E-state index in [0.29, 0.717) is 28.0 Å². The van der Waals surface area contributed by atoms with Gasteiger partial charge in [-0.25, -0.2) is 0 Å². The summed E-state index contributed by atoms with van der Waals surface area (Å²) in [6.45, 7) is 0.514. The number of non-ortho nitro benzene ring substituents is 1. The summed E-state index contributed by atoms with van der Waals surface area (Å²) < 4.78 is 5.72. The van der Waals surface area contributed by atoms with E-state index in [1.165, 1.54) is 12.1 Å². The molecule has 0 aliphatic rings. The van der Waals surface area contributed by atoms with Gasteiger partial charge in [-0.15, -0.1) is 0 Å². The molecular weight excluding hydrogens is 415 g/mol. The van der Waals surface area contributed by atoms with Crippen LogP contribution in [0.3, 0.4) is 0 Å². The van der Waals surface area contributed by atoms with Crippen LogP contribution in [0.4, 0.5) is 5.69 Å². The molecule has 0 amide bonds. The molecule has 148 valence electrons. The van der Waals surface area contributed by atoms with Gasteiger partial charge in [-0.1, -0.05) is 46.6 Å². The minimum absolute atomic E-state index is 0.0199. The fourth-order valence-corrected chi connectivity index (χ4v) is 2.74. The van der Waals surface area contributed by atoms with Gasteiger partial charge in [-0.2, -0.15) is 0 Å². The molecule has 0 fully saturated rings. The molecule has 3 aromatic rings. The van der Waals surface area contributed by atoms with E-state index in [1.54, 1.807) is 30.5 Å². The van der Waals surface area contributed by atoms with Gasteiger partial charge in [0.1, 0.15) is 19.0 Å². The first-order chi connectivity index (χ1) is 14.0. The largest absolute Gasteiger partial charge is 0.489 e. The number of benzene rings is 3. The highest BCUT2D eigenvalue weighted by Crippen LogP contribution is 2.23. The fraction of sp³-hybridized carbons (Fsp3) is 0.0952. The molecule has 0 aliphatic carbocycles. The van der Waals surface area contributed by atoms with Gasteiger partial charge in [0, 0.05) is 12.1 Å². The number of nitrogens with zero attached hydrogens (tertiary/aromatic N) is 2. The third kappa shape index (κ3) is 6.20. The molecular formula is C21H16Cl2N2O4. The molecule has 0 N–H and O–H groups in total. The van der Waals surface area contributed by atoms with Crippen molar-refractivity contribution in [3.05, 3.63) is 104 Å². The Balaban J connectivity index is 1.49. The molecule has 0 saturated carbocycles. The monoisotopic (exact) mass is 430 g/mol. The summed E-state index contributed by atoms with van der Waals surface area (Å²) in [5.74, 6) is 0.700. The maximum absolute atomic E-state index is 10.8. The molecule has 6 nitrogen and oxygen atoms in total. The zero-order valence-corrected chi connectivity index (χ0v) is 16.6. The van der Waals surface area contributed by atoms with E-state index in [-0.39, 0.29) is 12.3 Å². The number of oxime groups is 1. The lowest BCUT2D eigenvalue weighted by molar-refractivity contribution is -0.384. The van der Waals surface area contributed by atoms with Gasteiger partial charge in [0.2, 0.25) is 0 Å². The van der Waals surface area contributed by atoms with Gasteiger partial charge in [-0.05, 0) is 53.1 Å². The molecule has 0 atom stereocenters. The first-order valence-electron chi connectivity index (χ1n) is 8.57. The van der Waals surface area contributed by atoms with Crippen molar-refractivity contribution in [2.24, 2.45) is 5.16 Å². The minimum Gasteiger partial charge on any atom is -0.489 e. The molecule has 0 aliphatic heterocycles. The molecule has 3 aromatic carbocycles. The Kier molecular flexibility index (Phi) is 7.05. The number of ether oxygens (including phenoxy) is 1. The van der Waals surface area contributed by atoms with E-state index >= 15 is 0 Å². The molecule has 0 heterocycles. The van der Waals surface area contributed by atoms with Crippen LogP contribution in [0.15, 0.2) is 71.9 Å². The first-order valence-corrected chi connectivity index (χ1v) is 9.32. The Hall–Kier alpha value is -3.09. The van der Waals surface area contributed by atoms with Crippen LogP contribution in [-0.4, -0.2) is 11.1 Å². The number of nitro groups is 1. The first kappa shape index (κ1) is 20.6. The van der Waals surface area contributed by atoms with Crippen LogP contribution in [-0.2, 0) is 18.1 Å². The van der Waals surface area contributed by atoms with Crippen LogP contribution in [0, 0.1) is 10.1 Å². The van der Waals surface area contributed by atoms with Gasteiger partial charge < -0.3 is 9.57 Å². The van der Waals surface area contributed by atoms with Crippen molar-refractivity contribution in [1.29, 1.82) is 0 Å². The summed E-state index contributed by atoms with van der Waals surface area (Å²) in [5, 5.41) is 15.7. The second kappa shape index (κ2) is 9.91. The second-order valence-corrected chi connectivity index (χ2v) is 6.86. The predicted molar refractivity (Wildman–Crippen MR) is 113 cm³/mol. The van der Waals surface area contributed by atoms with Crippen LogP contribution >= 0.6 is 23.2 Å². The Bertz CT molecular complexity index is 1020. The Morgan fingerprint density at radius 3 is 2.41 bits per heavy atom. The fourth-order valence-electron chi connectivity index (χ4n) is 2.42. The highest BCUT2D eigenvalue weighted by Gasteiger charge is 2.05. The number of rotatable bonds is 8.